The molecule has 3 aromatic rings. The number of nitrogens with zero attached hydrogens (tertiary/aromatic N) is 4. The predicted octanol–water partition coefficient (Wildman–Crippen LogP) is 3.33. The molecule has 0 aliphatic carbocycles. The first kappa shape index (κ1) is 16.6. The number of hydrogen-bond acceptors (Lipinski definition) is 7. The lowest BCUT2D eigenvalue weighted by atomic mass is 10.1. The second-order valence-corrected chi connectivity index (χ2v) is 8.86. The Kier molecular flexibility index (Phi) is 4.09. The Morgan fingerprint density at radius 2 is 2.16 bits per heavy atom. The zero-order valence-corrected chi connectivity index (χ0v) is 15.5. The van der Waals surface area contributed by atoms with Crippen LogP contribution in [0.2, 0.25) is 0 Å². The van der Waals surface area contributed by atoms with Crippen molar-refractivity contribution in [2.45, 2.75) is 43.5 Å². The number of sulfonamides is 1. The summed E-state index contributed by atoms with van der Waals surface area (Å²) in [5, 5.41) is 4.07. The van der Waals surface area contributed by atoms with Crippen molar-refractivity contribution < 1.29 is 12.9 Å². The van der Waals surface area contributed by atoms with Gasteiger partial charge in [-0.2, -0.15) is 13.1 Å². The van der Waals surface area contributed by atoms with Gasteiger partial charge in [-0.1, -0.05) is 25.1 Å². The Morgan fingerprint density at radius 3 is 2.92 bits per heavy atom. The zero-order valence-electron chi connectivity index (χ0n) is 13.9. The Labute approximate surface area is 150 Å². The molecule has 0 spiro atoms. The van der Waals surface area contributed by atoms with E-state index in [4.69, 9.17) is 4.52 Å². The predicted molar refractivity (Wildman–Crippen MR) is 93.9 cm³/mol. The van der Waals surface area contributed by atoms with Crippen molar-refractivity contribution >= 4 is 32.8 Å². The van der Waals surface area contributed by atoms with Gasteiger partial charge in [0.2, 0.25) is 10.0 Å². The van der Waals surface area contributed by atoms with Crippen molar-refractivity contribution in [3.05, 3.63) is 35.7 Å². The summed E-state index contributed by atoms with van der Waals surface area (Å²) in [6, 6.07) is 6.60. The maximum atomic E-state index is 13.3. The van der Waals surface area contributed by atoms with Crippen LogP contribution in [-0.2, 0) is 10.0 Å². The number of hydrogen-bond donors (Lipinski definition) is 0. The first-order valence-corrected chi connectivity index (χ1v) is 10.3. The molecule has 0 bridgehead atoms. The first-order valence-electron chi connectivity index (χ1n) is 8.18. The number of fused-ring (bicyclic) bond motifs is 1. The summed E-state index contributed by atoms with van der Waals surface area (Å²) in [5.41, 5.74) is 1.87. The molecule has 2 aromatic heterocycles. The van der Waals surface area contributed by atoms with Crippen molar-refractivity contribution in [1.29, 1.82) is 0 Å². The van der Waals surface area contributed by atoms with Crippen LogP contribution in [0.4, 0.5) is 0 Å². The topological polar surface area (TPSA) is 89.2 Å². The van der Waals surface area contributed by atoms with Crippen LogP contribution in [-0.4, -0.2) is 33.2 Å². The zero-order chi connectivity index (χ0) is 17.6. The van der Waals surface area contributed by atoms with Gasteiger partial charge in [-0.3, -0.25) is 0 Å². The molecule has 1 atom stereocenters. The van der Waals surface area contributed by atoms with Crippen LogP contribution >= 0.6 is 11.7 Å². The van der Waals surface area contributed by atoms with Gasteiger partial charge in [0.1, 0.15) is 15.9 Å². The van der Waals surface area contributed by atoms with Crippen molar-refractivity contribution in [3.8, 4) is 0 Å². The molecule has 132 valence electrons. The van der Waals surface area contributed by atoms with Gasteiger partial charge < -0.3 is 4.52 Å². The molecular weight excluding hydrogens is 360 g/mol. The molecule has 0 amide bonds. The molecule has 0 radical (unpaired) electrons. The first-order chi connectivity index (χ1) is 12.0. The highest BCUT2D eigenvalue weighted by molar-refractivity contribution is 7.89. The second kappa shape index (κ2) is 6.15. The van der Waals surface area contributed by atoms with E-state index in [1.807, 2.05) is 19.9 Å². The van der Waals surface area contributed by atoms with E-state index < -0.39 is 10.0 Å². The lowest BCUT2D eigenvalue weighted by Crippen LogP contribution is -2.30. The highest BCUT2D eigenvalue weighted by atomic mass is 32.2. The average Bonchev–Trinajstić information content (AvgIpc) is 3.31. The maximum Gasteiger partial charge on any atom is 0.246 e. The van der Waals surface area contributed by atoms with Gasteiger partial charge in [0, 0.05) is 12.6 Å². The largest absolute Gasteiger partial charge is 0.359 e. The van der Waals surface area contributed by atoms with Gasteiger partial charge in [-0.25, -0.2) is 8.42 Å². The third-order valence-electron chi connectivity index (χ3n) is 4.51. The van der Waals surface area contributed by atoms with Gasteiger partial charge in [0.15, 0.2) is 5.76 Å². The molecule has 0 unspecified atom stereocenters. The molecule has 9 heteroatoms. The quantitative estimate of drug-likeness (QED) is 0.692. The van der Waals surface area contributed by atoms with Crippen LogP contribution in [0.3, 0.4) is 0 Å². The van der Waals surface area contributed by atoms with Gasteiger partial charge in [-0.15, -0.1) is 0 Å². The Hall–Kier alpha value is -1.84. The summed E-state index contributed by atoms with van der Waals surface area (Å²) < 4.78 is 41.8. The summed E-state index contributed by atoms with van der Waals surface area (Å²) in [5.74, 6) is 0.840. The van der Waals surface area contributed by atoms with E-state index in [0.29, 0.717) is 23.3 Å². The Morgan fingerprint density at radius 1 is 1.32 bits per heavy atom. The second-order valence-electron chi connectivity index (χ2n) is 6.47. The van der Waals surface area contributed by atoms with E-state index in [0.717, 1.165) is 30.3 Å². The molecule has 4 rings (SSSR count). The molecule has 1 aromatic carbocycles. The fourth-order valence-corrected chi connectivity index (χ4v) is 5.58. The van der Waals surface area contributed by atoms with Crippen LogP contribution in [0.1, 0.15) is 50.1 Å². The van der Waals surface area contributed by atoms with Crippen LogP contribution in [0.15, 0.2) is 33.7 Å². The van der Waals surface area contributed by atoms with Crippen molar-refractivity contribution in [1.82, 2.24) is 18.2 Å². The standard InChI is InChI=1S/C16H18N4O3S2/c1-10(2)12-9-14(23-17-12)13-6-4-8-20(13)25(21,22)15-7-3-5-11-16(15)19-24-18-11/h3,5,7,9-10,13H,4,6,8H2,1-2H3/t13-/m0/s1. The molecular formula is C16H18N4O3S2. The molecule has 0 N–H and O–H groups in total. The minimum atomic E-state index is -3.69. The van der Waals surface area contributed by atoms with Crippen LogP contribution in [0.5, 0.6) is 0 Å². The van der Waals surface area contributed by atoms with Crippen molar-refractivity contribution in [3.63, 3.8) is 0 Å². The summed E-state index contributed by atoms with van der Waals surface area (Å²) in [6.07, 6.45) is 1.50. The molecule has 1 aliphatic heterocycles. The highest BCUT2D eigenvalue weighted by Gasteiger charge is 2.39. The van der Waals surface area contributed by atoms with Crippen LogP contribution in [0.25, 0.3) is 11.0 Å². The SMILES string of the molecule is CC(C)c1cc([C@@H]2CCCN2S(=O)(=O)c2cccc3nsnc23)on1. The monoisotopic (exact) mass is 378 g/mol. The number of rotatable bonds is 4. The summed E-state index contributed by atoms with van der Waals surface area (Å²) in [4.78, 5) is 0.203. The molecule has 7 nitrogen and oxygen atoms in total. The molecule has 1 aliphatic rings. The van der Waals surface area contributed by atoms with Crippen LogP contribution in [0, 0.1) is 0 Å². The smallest absolute Gasteiger partial charge is 0.246 e. The minimum Gasteiger partial charge on any atom is -0.359 e. The molecule has 0 saturated carbocycles. The normalized spacial score (nSPS) is 19.2. The van der Waals surface area contributed by atoms with Gasteiger partial charge in [0.25, 0.3) is 0 Å². The molecule has 25 heavy (non-hydrogen) atoms. The summed E-state index contributed by atoms with van der Waals surface area (Å²) in [7, 11) is -3.69. The third kappa shape index (κ3) is 2.76. The molecule has 1 fully saturated rings. The van der Waals surface area contributed by atoms with Crippen molar-refractivity contribution in [2.75, 3.05) is 6.54 Å². The lowest BCUT2D eigenvalue weighted by Gasteiger charge is -2.22. The minimum absolute atomic E-state index is 0.203. The number of aromatic nitrogens is 3. The van der Waals surface area contributed by atoms with Gasteiger partial charge in [0.05, 0.1) is 23.5 Å². The molecule has 1 saturated heterocycles. The summed E-state index contributed by atoms with van der Waals surface area (Å²) in [6.45, 7) is 4.51. The van der Waals surface area contributed by atoms with Crippen LogP contribution < -0.4 is 0 Å². The Bertz CT molecular complexity index is 1010. The molecule has 3 heterocycles. The fourth-order valence-electron chi connectivity index (χ4n) is 3.16. The van der Waals surface area contributed by atoms with E-state index in [1.165, 1.54) is 4.31 Å². The van der Waals surface area contributed by atoms with Gasteiger partial charge in [-0.05, 0) is 30.9 Å². The lowest BCUT2D eigenvalue weighted by molar-refractivity contribution is 0.296. The number of benzene rings is 1. The Balaban J connectivity index is 1.75. The van der Waals surface area contributed by atoms with E-state index >= 15 is 0 Å². The van der Waals surface area contributed by atoms with Crippen molar-refractivity contribution in [2.24, 2.45) is 0 Å². The van der Waals surface area contributed by atoms with E-state index in [1.54, 1.807) is 18.2 Å². The average molecular weight is 378 g/mol. The third-order valence-corrected chi connectivity index (χ3v) is 6.99. The highest BCUT2D eigenvalue weighted by Crippen LogP contribution is 2.38. The van der Waals surface area contributed by atoms with E-state index in [2.05, 4.69) is 13.9 Å². The van der Waals surface area contributed by atoms with Gasteiger partial charge >= 0.3 is 0 Å². The van der Waals surface area contributed by atoms with E-state index in [9.17, 15) is 8.42 Å². The maximum absolute atomic E-state index is 13.3. The summed E-state index contributed by atoms with van der Waals surface area (Å²) >= 11 is 1.02. The van der Waals surface area contributed by atoms with E-state index in [-0.39, 0.29) is 16.9 Å². The fraction of sp³-hybridized carbons (Fsp3) is 0.438.